The zero-order valence-corrected chi connectivity index (χ0v) is 27.9. The molecule has 3 fully saturated rings. The number of para-hydroxylation sites is 1. The average Bonchev–Trinajstić information content (AvgIpc) is 3.79. The molecular weight excluding hydrogens is 731 g/mol. The molecule has 1 aromatic heterocycles. The van der Waals surface area contributed by atoms with E-state index in [2.05, 4.69) is 26.2 Å². The molecule has 246 valence electrons. The molecule has 8 rings (SSSR count). The molecule has 0 radical (unpaired) electrons. The van der Waals surface area contributed by atoms with Gasteiger partial charge in [-0.15, -0.1) is 11.8 Å². The first-order valence-electron chi connectivity index (χ1n) is 15.2. The lowest BCUT2D eigenvalue weighted by atomic mass is 9.68. The molecule has 3 heterocycles. The number of nitrogens with zero attached hydrogens (tertiary/aromatic N) is 1. The zero-order valence-electron chi connectivity index (χ0n) is 24.7. The Hall–Kier alpha value is -3.88. The van der Waals surface area contributed by atoms with Crippen molar-refractivity contribution in [3.8, 4) is 5.75 Å². The highest BCUT2D eigenvalue weighted by Crippen LogP contribution is 2.69. The number of alkyl halides is 3. The maximum absolute atomic E-state index is 14.0. The first-order chi connectivity index (χ1) is 23.0. The molecule has 2 aliphatic carbocycles. The van der Waals surface area contributed by atoms with E-state index in [4.69, 9.17) is 4.74 Å². The van der Waals surface area contributed by atoms with Crippen LogP contribution in [0.2, 0.25) is 0 Å². The maximum atomic E-state index is 14.0. The van der Waals surface area contributed by atoms with E-state index in [0.29, 0.717) is 23.4 Å². The second-order valence-corrected chi connectivity index (χ2v) is 15.5. The van der Waals surface area contributed by atoms with Crippen molar-refractivity contribution in [2.45, 2.75) is 28.8 Å². The number of hydrogen-bond acceptors (Lipinski definition) is 7. The van der Waals surface area contributed by atoms with Crippen molar-refractivity contribution in [2.75, 3.05) is 16.8 Å². The lowest BCUT2D eigenvalue weighted by molar-refractivity contribution is -0.137. The summed E-state index contributed by atoms with van der Waals surface area (Å²) < 4.78 is 46.4. The van der Waals surface area contributed by atoms with Crippen LogP contribution in [-0.2, 0) is 20.6 Å². The van der Waals surface area contributed by atoms with Gasteiger partial charge in [0, 0.05) is 31.8 Å². The minimum atomic E-state index is -4.56. The van der Waals surface area contributed by atoms with Gasteiger partial charge in [-0.1, -0.05) is 51.5 Å². The second-order valence-electron chi connectivity index (χ2n) is 12.4. The predicted octanol–water partition coefficient (Wildman–Crippen LogP) is 6.91. The quantitative estimate of drug-likeness (QED) is 0.207. The number of benzene rings is 3. The summed E-state index contributed by atoms with van der Waals surface area (Å²) in [5, 5.41) is 3.14. The summed E-state index contributed by atoms with van der Waals surface area (Å²) in [5.41, 5.74) is 0.372. The summed E-state index contributed by atoms with van der Waals surface area (Å²) in [6.07, 6.45) is -3.85. The van der Waals surface area contributed by atoms with Crippen LogP contribution in [0.1, 0.15) is 28.3 Å². The number of nitrogens with one attached hydrogen (secondary N) is 2. The van der Waals surface area contributed by atoms with Gasteiger partial charge < -0.3 is 15.0 Å². The molecular formula is C34H25BrF3N3O5S2. The molecule has 2 bridgehead atoms. The number of carbonyl (C=O) groups excluding carboxylic acids is 3. The maximum Gasteiger partial charge on any atom is 0.416 e. The minimum absolute atomic E-state index is 0.0137. The summed E-state index contributed by atoms with van der Waals surface area (Å²) in [6, 6.07) is 18.7. The SMILES string of the molecule is O=C(COc1ccc(Br)cc1[C@@H]1c2sc(=O)[nH]c2S[C@@H]2[C@@H]3C[C@@H]([C@@H]4C(=O)N(c5ccccc5)C(=O)[C@@H]34)[C@H]12)Nc1cccc(C(F)(F)F)c1. The average molecular weight is 757 g/mol. The number of aromatic nitrogens is 1. The Labute approximate surface area is 288 Å². The predicted molar refractivity (Wildman–Crippen MR) is 177 cm³/mol. The number of fused-ring (bicyclic) bond motifs is 9. The molecule has 3 amide bonds. The monoisotopic (exact) mass is 755 g/mol. The Morgan fingerprint density at radius 2 is 1.73 bits per heavy atom. The number of halogens is 4. The number of aromatic amines is 1. The molecule has 1 saturated heterocycles. The Morgan fingerprint density at radius 3 is 2.48 bits per heavy atom. The van der Waals surface area contributed by atoms with Gasteiger partial charge in [0.15, 0.2) is 6.61 Å². The van der Waals surface area contributed by atoms with E-state index in [1.165, 1.54) is 17.0 Å². The number of hydrogen-bond donors (Lipinski definition) is 2. The minimum Gasteiger partial charge on any atom is -0.483 e. The van der Waals surface area contributed by atoms with Gasteiger partial charge in [-0.05, 0) is 72.7 Å². The molecule has 8 nitrogen and oxygen atoms in total. The van der Waals surface area contributed by atoms with Crippen molar-refractivity contribution >= 4 is 68.1 Å². The van der Waals surface area contributed by atoms with E-state index in [9.17, 15) is 32.3 Å². The molecule has 2 aliphatic heterocycles. The Balaban J connectivity index is 1.12. The van der Waals surface area contributed by atoms with Crippen LogP contribution < -0.4 is 19.8 Å². The van der Waals surface area contributed by atoms with E-state index in [1.54, 1.807) is 48.2 Å². The normalized spacial score (nSPS) is 27.1. The number of amides is 3. The topological polar surface area (TPSA) is 109 Å². The number of thiazole rings is 1. The van der Waals surface area contributed by atoms with Gasteiger partial charge in [0.05, 0.1) is 28.1 Å². The van der Waals surface area contributed by atoms with Gasteiger partial charge in [-0.25, -0.2) is 0 Å². The molecule has 4 aliphatic rings. The van der Waals surface area contributed by atoms with E-state index in [1.807, 2.05) is 12.1 Å². The first kappa shape index (κ1) is 31.4. The van der Waals surface area contributed by atoms with Crippen molar-refractivity contribution in [3.63, 3.8) is 0 Å². The van der Waals surface area contributed by atoms with Gasteiger partial charge in [0.1, 0.15) is 5.75 Å². The Kier molecular flexibility index (Phi) is 7.60. The lowest BCUT2D eigenvalue weighted by Gasteiger charge is -2.43. The summed E-state index contributed by atoms with van der Waals surface area (Å²) in [5.74, 6) is -2.27. The van der Waals surface area contributed by atoms with Gasteiger partial charge in [-0.3, -0.25) is 24.1 Å². The molecule has 14 heteroatoms. The molecule has 0 unspecified atom stereocenters. The van der Waals surface area contributed by atoms with Crippen molar-refractivity contribution in [3.05, 3.63) is 103 Å². The number of carbonyl (C=O) groups is 3. The van der Waals surface area contributed by atoms with Gasteiger partial charge in [0.25, 0.3) is 5.91 Å². The Bertz CT molecular complexity index is 2040. The van der Waals surface area contributed by atoms with Crippen molar-refractivity contribution in [1.29, 1.82) is 0 Å². The van der Waals surface area contributed by atoms with Crippen LogP contribution >= 0.6 is 39.0 Å². The number of anilines is 2. The van der Waals surface area contributed by atoms with Gasteiger partial charge >= 0.3 is 11.0 Å². The van der Waals surface area contributed by atoms with Gasteiger partial charge in [-0.2, -0.15) is 13.2 Å². The molecule has 48 heavy (non-hydrogen) atoms. The third-order valence-corrected chi connectivity index (χ3v) is 13.0. The van der Waals surface area contributed by atoms with Crippen LogP contribution in [0, 0.1) is 29.6 Å². The molecule has 3 aromatic carbocycles. The second kappa shape index (κ2) is 11.6. The molecule has 2 N–H and O–H groups in total. The summed E-state index contributed by atoms with van der Waals surface area (Å²) >= 11 is 6.23. The number of ether oxygens (including phenoxy) is 1. The summed E-state index contributed by atoms with van der Waals surface area (Å²) in [7, 11) is 0. The fourth-order valence-corrected chi connectivity index (χ4v) is 11.5. The van der Waals surface area contributed by atoms with Crippen LogP contribution in [0.25, 0.3) is 0 Å². The van der Waals surface area contributed by atoms with Crippen LogP contribution in [0.5, 0.6) is 5.75 Å². The standard InChI is InChI=1S/C34H25BrF3N3O5S2/c35-16-9-10-22(46-14-23(42)39-17-6-4-5-15(11-17)34(36,37)38)19(12-16)24-25-20-13-21(28(25)47-30-29(24)48-33(45)40-30)27-26(20)31(43)41(32(27)44)18-7-2-1-3-8-18/h1-12,20-21,24-28H,13-14H2,(H,39,42)(H,40,45)/t20-,21-,24+,25-,26+,27+,28-/m1/s1. The highest BCUT2D eigenvalue weighted by molar-refractivity contribution is 9.10. The molecule has 2 saturated carbocycles. The van der Waals surface area contributed by atoms with E-state index in [0.717, 1.165) is 37.8 Å². The summed E-state index contributed by atoms with van der Waals surface area (Å²) in [4.78, 5) is 58.3. The molecule has 7 atom stereocenters. The number of rotatable bonds is 6. The third kappa shape index (κ3) is 5.10. The number of H-pyrrole nitrogens is 1. The van der Waals surface area contributed by atoms with Gasteiger partial charge in [0.2, 0.25) is 11.8 Å². The number of thioether (sulfide) groups is 1. The highest BCUT2D eigenvalue weighted by Gasteiger charge is 2.69. The van der Waals surface area contributed by atoms with Crippen LogP contribution in [0.4, 0.5) is 24.5 Å². The van der Waals surface area contributed by atoms with E-state index >= 15 is 0 Å². The van der Waals surface area contributed by atoms with Crippen molar-refractivity contribution < 1.29 is 32.3 Å². The van der Waals surface area contributed by atoms with Crippen molar-refractivity contribution in [2.24, 2.45) is 29.6 Å². The van der Waals surface area contributed by atoms with Crippen LogP contribution in [-0.4, -0.2) is 34.6 Å². The van der Waals surface area contributed by atoms with E-state index < -0.39 is 36.1 Å². The first-order valence-corrected chi connectivity index (χ1v) is 17.7. The Morgan fingerprint density at radius 1 is 0.979 bits per heavy atom. The largest absolute Gasteiger partial charge is 0.483 e. The van der Waals surface area contributed by atoms with E-state index in [-0.39, 0.29) is 51.3 Å². The number of imide groups is 1. The van der Waals surface area contributed by atoms with Crippen LogP contribution in [0.3, 0.4) is 0 Å². The third-order valence-electron chi connectivity index (χ3n) is 9.88. The summed E-state index contributed by atoms with van der Waals surface area (Å²) in [6.45, 7) is -0.480. The van der Waals surface area contributed by atoms with Crippen LogP contribution in [0.15, 0.2) is 87.1 Å². The van der Waals surface area contributed by atoms with Crippen molar-refractivity contribution in [1.82, 2.24) is 4.98 Å². The highest BCUT2D eigenvalue weighted by atomic mass is 79.9. The molecule has 4 aromatic rings. The lowest BCUT2D eigenvalue weighted by Crippen LogP contribution is -2.42. The fraction of sp³-hybridized carbons (Fsp3) is 0.294. The molecule has 0 spiro atoms. The smallest absolute Gasteiger partial charge is 0.416 e. The fourth-order valence-electron chi connectivity index (χ4n) is 8.20. The zero-order chi connectivity index (χ0) is 33.5.